The lowest BCUT2D eigenvalue weighted by atomic mass is 10.1. The van der Waals surface area contributed by atoms with E-state index in [0.717, 1.165) is 32.7 Å². The third kappa shape index (κ3) is 2.99. The van der Waals surface area contributed by atoms with Gasteiger partial charge in [-0.05, 0) is 31.2 Å². The van der Waals surface area contributed by atoms with Gasteiger partial charge in [0.05, 0.1) is 5.69 Å². The van der Waals surface area contributed by atoms with Gasteiger partial charge in [-0.25, -0.2) is 15.0 Å². The Balaban J connectivity index is 1.75. The average molecular weight is 360 g/mol. The van der Waals surface area contributed by atoms with Gasteiger partial charge < -0.3 is 9.72 Å². The number of rotatable bonds is 3. The molecular weight excluding hydrogens is 344 g/mol. The van der Waals surface area contributed by atoms with Crippen LogP contribution in [0.15, 0.2) is 54.6 Å². The SMILES string of the molecule is CO[C@](C)(C#Cc1ccc2[nH]cc(-c3ccncn3)c2c1)c1nccs1. The molecule has 0 radical (unpaired) electrons. The number of benzene rings is 1. The quantitative estimate of drug-likeness (QED) is 0.561. The van der Waals surface area contributed by atoms with Crippen molar-refractivity contribution in [2.75, 3.05) is 7.11 Å². The first-order valence-corrected chi connectivity index (χ1v) is 8.93. The Hall–Kier alpha value is -3.01. The number of hydrogen-bond donors (Lipinski definition) is 1. The lowest BCUT2D eigenvalue weighted by Crippen LogP contribution is -2.21. The van der Waals surface area contributed by atoms with Crippen LogP contribution in [-0.4, -0.2) is 27.0 Å². The molecule has 0 saturated heterocycles. The number of aromatic amines is 1. The summed E-state index contributed by atoms with van der Waals surface area (Å²) < 4.78 is 5.62. The molecule has 0 aliphatic rings. The molecule has 5 nitrogen and oxygen atoms in total. The van der Waals surface area contributed by atoms with Gasteiger partial charge >= 0.3 is 0 Å². The fourth-order valence-electron chi connectivity index (χ4n) is 2.70. The van der Waals surface area contributed by atoms with E-state index in [4.69, 9.17) is 4.74 Å². The Morgan fingerprint density at radius 3 is 2.85 bits per heavy atom. The van der Waals surface area contributed by atoms with E-state index in [9.17, 15) is 0 Å². The van der Waals surface area contributed by atoms with Crippen LogP contribution < -0.4 is 0 Å². The summed E-state index contributed by atoms with van der Waals surface area (Å²) in [6.07, 6.45) is 7.01. The zero-order chi connectivity index (χ0) is 18.0. The number of nitrogens with one attached hydrogen (secondary N) is 1. The lowest BCUT2D eigenvalue weighted by molar-refractivity contribution is 0.0549. The number of fused-ring (bicyclic) bond motifs is 1. The van der Waals surface area contributed by atoms with Gasteiger partial charge in [-0.3, -0.25) is 0 Å². The number of thiazole rings is 1. The summed E-state index contributed by atoms with van der Waals surface area (Å²) in [6, 6.07) is 7.98. The maximum atomic E-state index is 5.62. The van der Waals surface area contributed by atoms with Gasteiger partial charge in [-0.2, -0.15) is 0 Å². The zero-order valence-corrected chi connectivity index (χ0v) is 15.2. The van der Waals surface area contributed by atoms with Crippen LogP contribution in [0.25, 0.3) is 22.2 Å². The zero-order valence-electron chi connectivity index (χ0n) is 14.4. The minimum atomic E-state index is -0.725. The molecule has 0 saturated carbocycles. The van der Waals surface area contributed by atoms with Gasteiger partial charge in [-0.15, -0.1) is 11.3 Å². The monoisotopic (exact) mass is 360 g/mol. The van der Waals surface area contributed by atoms with Gasteiger partial charge in [0.1, 0.15) is 11.3 Å². The van der Waals surface area contributed by atoms with Crippen LogP contribution in [0.2, 0.25) is 0 Å². The molecule has 26 heavy (non-hydrogen) atoms. The number of methoxy groups -OCH3 is 1. The van der Waals surface area contributed by atoms with Gasteiger partial charge in [0.2, 0.25) is 0 Å². The van der Waals surface area contributed by atoms with Crippen molar-refractivity contribution in [2.24, 2.45) is 0 Å². The minimum Gasteiger partial charge on any atom is -0.360 e. The average Bonchev–Trinajstić information content (AvgIpc) is 3.37. The Morgan fingerprint density at radius 1 is 1.19 bits per heavy atom. The summed E-state index contributed by atoms with van der Waals surface area (Å²) >= 11 is 1.54. The predicted octanol–water partition coefficient (Wildman–Crippen LogP) is 3.99. The van der Waals surface area contributed by atoms with Crippen molar-refractivity contribution < 1.29 is 4.74 Å². The molecule has 0 fully saturated rings. The van der Waals surface area contributed by atoms with E-state index < -0.39 is 5.60 Å². The number of nitrogens with zero attached hydrogens (tertiary/aromatic N) is 3. The van der Waals surface area contributed by atoms with Gasteiger partial charge in [0, 0.05) is 53.1 Å². The molecule has 4 rings (SSSR count). The van der Waals surface area contributed by atoms with Crippen LogP contribution in [-0.2, 0) is 10.3 Å². The second-order valence-corrected chi connectivity index (χ2v) is 6.78. The van der Waals surface area contributed by atoms with Crippen molar-refractivity contribution >= 4 is 22.2 Å². The number of H-pyrrole nitrogens is 1. The molecule has 3 heterocycles. The van der Waals surface area contributed by atoms with Crippen molar-refractivity contribution in [1.82, 2.24) is 19.9 Å². The first-order valence-electron chi connectivity index (χ1n) is 8.05. The molecule has 0 amide bonds. The highest BCUT2D eigenvalue weighted by atomic mass is 32.1. The molecular formula is C20H16N4OS. The largest absolute Gasteiger partial charge is 0.360 e. The maximum absolute atomic E-state index is 5.62. The van der Waals surface area contributed by atoms with Crippen molar-refractivity contribution in [1.29, 1.82) is 0 Å². The number of hydrogen-bond acceptors (Lipinski definition) is 5. The lowest BCUT2D eigenvalue weighted by Gasteiger charge is -2.18. The number of ether oxygens (including phenoxy) is 1. The summed E-state index contributed by atoms with van der Waals surface area (Å²) in [5, 5.41) is 3.84. The third-order valence-corrected chi connectivity index (χ3v) is 5.21. The Labute approximate surface area is 155 Å². The molecule has 0 unspecified atom stereocenters. The Morgan fingerprint density at radius 2 is 2.12 bits per heavy atom. The van der Waals surface area contributed by atoms with E-state index in [2.05, 4.69) is 37.8 Å². The van der Waals surface area contributed by atoms with Crippen LogP contribution in [0.4, 0.5) is 0 Å². The van der Waals surface area contributed by atoms with Gasteiger partial charge in [0.25, 0.3) is 0 Å². The maximum Gasteiger partial charge on any atom is 0.177 e. The van der Waals surface area contributed by atoms with Crippen molar-refractivity contribution in [2.45, 2.75) is 12.5 Å². The Bertz CT molecular complexity index is 1090. The summed E-state index contributed by atoms with van der Waals surface area (Å²) in [4.78, 5) is 15.9. The van der Waals surface area contributed by atoms with E-state index in [1.54, 1.807) is 25.8 Å². The van der Waals surface area contributed by atoms with Crippen LogP contribution in [0.3, 0.4) is 0 Å². The first kappa shape index (κ1) is 16.5. The third-order valence-electron chi connectivity index (χ3n) is 4.23. The molecule has 0 aliphatic heterocycles. The predicted molar refractivity (Wildman–Crippen MR) is 103 cm³/mol. The standard InChI is InChI=1S/C20H16N4OS/c1-20(25-2,19-22-9-10-26-19)7-5-14-3-4-17-15(11-14)16(12-23-17)18-6-8-21-13-24-18/h3-4,6,8-13,23H,1-2H3/t20-/m1/s1. The molecule has 128 valence electrons. The summed E-state index contributed by atoms with van der Waals surface area (Å²) in [5.41, 5.74) is 3.13. The van der Waals surface area contributed by atoms with Crippen LogP contribution in [0, 0.1) is 11.8 Å². The van der Waals surface area contributed by atoms with Gasteiger partial charge in [-0.1, -0.05) is 11.8 Å². The van der Waals surface area contributed by atoms with E-state index in [-0.39, 0.29) is 0 Å². The molecule has 1 N–H and O–H groups in total. The van der Waals surface area contributed by atoms with Crippen LogP contribution in [0.5, 0.6) is 0 Å². The van der Waals surface area contributed by atoms with Crippen molar-refractivity contribution in [3.8, 4) is 23.1 Å². The first-order chi connectivity index (χ1) is 12.7. The second kappa shape index (κ2) is 6.71. The Kier molecular flexibility index (Phi) is 4.25. The van der Waals surface area contributed by atoms with Crippen LogP contribution >= 0.6 is 11.3 Å². The van der Waals surface area contributed by atoms with Crippen LogP contribution in [0.1, 0.15) is 17.5 Å². The molecule has 0 aliphatic carbocycles. The van der Waals surface area contributed by atoms with E-state index in [1.807, 2.05) is 36.7 Å². The van der Waals surface area contributed by atoms with E-state index in [0.29, 0.717) is 0 Å². The fourth-order valence-corrected chi connectivity index (χ4v) is 3.43. The molecule has 0 bridgehead atoms. The topological polar surface area (TPSA) is 63.7 Å². The van der Waals surface area contributed by atoms with Gasteiger partial charge in [0.15, 0.2) is 5.60 Å². The molecule has 3 aromatic heterocycles. The molecule has 0 spiro atoms. The highest BCUT2D eigenvalue weighted by molar-refractivity contribution is 7.09. The highest BCUT2D eigenvalue weighted by Gasteiger charge is 2.26. The molecule has 6 heteroatoms. The van der Waals surface area contributed by atoms with E-state index >= 15 is 0 Å². The normalized spacial score (nSPS) is 13.2. The summed E-state index contributed by atoms with van der Waals surface area (Å²) in [7, 11) is 1.65. The van der Waals surface area contributed by atoms with E-state index in [1.165, 1.54) is 11.3 Å². The molecule has 1 aromatic carbocycles. The second-order valence-electron chi connectivity index (χ2n) is 5.88. The number of aromatic nitrogens is 4. The van der Waals surface area contributed by atoms with Crippen molar-refractivity contribution in [3.05, 3.63) is 65.1 Å². The summed E-state index contributed by atoms with van der Waals surface area (Å²) in [5.74, 6) is 6.45. The summed E-state index contributed by atoms with van der Waals surface area (Å²) in [6.45, 7) is 1.93. The fraction of sp³-hybridized carbons (Fsp3) is 0.150. The molecule has 4 aromatic rings. The minimum absolute atomic E-state index is 0.725. The highest BCUT2D eigenvalue weighted by Crippen LogP contribution is 2.28. The van der Waals surface area contributed by atoms with Crippen molar-refractivity contribution in [3.63, 3.8) is 0 Å². The smallest absolute Gasteiger partial charge is 0.177 e. The molecule has 1 atom stereocenters.